The summed E-state index contributed by atoms with van der Waals surface area (Å²) in [7, 11) is 0. The molecule has 7 heteroatoms. The van der Waals surface area contributed by atoms with Gasteiger partial charge in [-0.3, -0.25) is 0 Å². The molecule has 0 aliphatic carbocycles. The molecule has 1 aromatic heterocycles. The van der Waals surface area contributed by atoms with Crippen LogP contribution in [0.15, 0.2) is 18.2 Å². The second kappa shape index (κ2) is 4.56. The highest BCUT2D eigenvalue weighted by molar-refractivity contribution is 6.01. The first-order valence-corrected chi connectivity index (χ1v) is 5.61. The Morgan fingerprint density at radius 1 is 1.42 bits per heavy atom. The standard InChI is InChI=1S/C12H11F3N2O2/c1-2-9-16-10-7(11(18)19)4-3-5-8(10)17(9)6-12(13,14)15/h3-5H,2,6H2,1H3,(H,18,19). The lowest BCUT2D eigenvalue weighted by atomic mass is 10.2. The average Bonchev–Trinajstić information content (AvgIpc) is 2.65. The Morgan fingerprint density at radius 2 is 2.11 bits per heavy atom. The maximum atomic E-state index is 12.6. The molecule has 1 heterocycles. The smallest absolute Gasteiger partial charge is 0.406 e. The molecule has 0 fully saturated rings. The van der Waals surface area contributed by atoms with Crippen LogP contribution in [0.25, 0.3) is 11.0 Å². The number of hydrogen-bond acceptors (Lipinski definition) is 2. The Labute approximate surface area is 106 Å². The van der Waals surface area contributed by atoms with Gasteiger partial charge in [-0.25, -0.2) is 9.78 Å². The van der Waals surface area contributed by atoms with Crippen molar-refractivity contribution in [3.05, 3.63) is 29.6 Å². The van der Waals surface area contributed by atoms with E-state index < -0.39 is 18.7 Å². The van der Waals surface area contributed by atoms with E-state index in [1.807, 2.05) is 0 Å². The van der Waals surface area contributed by atoms with Crippen LogP contribution in [0.5, 0.6) is 0 Å². The van der Waals surface area contributed by atoms with Crippen molar-refractivity contribution in [1.82, 2.24) is 9.55 Å². The van der Waals surface area contributed by atoms with E-state index in [0.29, 0.717) is 6.42 Å². The van der Waals surface area contributed by atoms with E-state index in [9.17, 15) is 18.0 Å². The third-order valence-electron chi connectivity index (χ3n) is 2.74. The van der Waals surface area contributed by atoms with Gasteiger partial charge >= 0.3 is 12.1 Å². The molecule has 4 nitrogen and oxygen atoms in total. The second-order valence-corrected chi connectivity index (χ2v) is 4.06. The van der Waals surface area contributed by atoms with Crippen molar-refractivity contribution in [2.45, 2.75) is 26.1 Å². The summed E-state index contributed by atoms with van der Waals surface area (Å²) in [5.41, 5.74) is 0.193. The maximum Gasteiger partial charge on any atom is 0.406 e. The highest BCUT2D eigenvalue weighted by atomic mass is 19.4. The largest absolute Gasteiger partial charge is 0.478 e. The molecule has 0 amide bonds. The number of alkyl halides is 3. The predicted octanol–water partition coefficient (Wildman–Crippen LogP) is 2.86. The van der Waals surface area contributed by atoms with Crippen molar-refractivity contribution in [2.75, 3.05) is 0 Å². The molecule has 1 aromatic carbocycles. The molecule has 0 saturated heterocycles. The number of nitrogens with zero attached hydrogens (tertiary/aromatic N) is 2. The van der Waals surface area contributed by atoms with Crippen molar-refractivity contribution in [3.63, 3.8) is 0 Å². The highest BCUT2D eigenvalue weighted by Crippen LogP contribution is 2.25. The summed E-state index contributed by atoms with van der Waals surface area (Å²) in [6, 6.07) is 4.19. The van der Waals surface area contributed by atoms with E-state index in [1.54, 1.807) is 6.92 Å². The van der Waals surface area contributed by atoms with E-state index in [2.05, 4.69) is 4.98 Å². The molecule has 0 aliphatic rings. The SMILES string of the molecule is CCc1nc2c(C(=O)O)cccc2n1CC(F)(F)F. The number of aromatic nitrogens is 2. The summed E-state index contributed by atoms with van der Waals surface area (Å²) in [6.07, 6.45) is -4.08. The van der Waals surface area contributed by atoms with Crippen LogP contribution in [-0.2, 0) is 13.0 Å². The zero-order chi connectivity index (χ0) is 14.2. The minimum atomic E-state index is -4.38. The van der Waals surface area contributed by atoms with E-state index in [4.69, 9.17) is 5.11 Å². The minimum absolute atomic E-state index is 0.0897. The Kier molecular flexibility index (Phi) is 3.21. The van der Waals surface area contributed by atoms with Crippen molar-refractivity contribution in [1.29, 1.82) is 0 Å². The van der Waals surface area contributed by atoms with Crippen LogP contribution in [0.3, 0.4) is 0 Å². The fraction of sp³-hybridized carbons (Fsp3) is 0.333. The molecule has 0 atom stereocenters. The number of aryl methyl sites for hydroxylation is 1. The van der Waals surface area contributed by atoms with Crippen molar-refractivity contribution in [2.24, 2.45) is 0 Å². The summed E-state index contributed by atoms with van der Waals surface area (Å²) in [5, 5.41) is 9.02. The van der Waals surface area contributed by atoms with Crippen molar-refractivity contribution in [3.8, 4) is 0 Å². The topological polar surface area (TPSA) is 55.1 Å². The number of rotatable bonds is 3. The molecule has 102 valence electrons. The van der Waals surface area contributed by atoms with Gasteiger partial charge in [0.1, 0.15) is 17.9 Å². The molecule has 0 radical (unpaired) electrons. The molecule has 0 bridgehead atoms. The van der Waals surface area contributed by atoms with Crippen molar-refractivity contribution >= 4 is 17.0 Å². The van der Waals surface area contributed by atoms with Gasteiger partial charge < -0.3 is 9.67 Å². The van der Waals surface area contributed by atoms with Gasteiger partial charge in [0.15, 0.2) is 0 Å². The van der Waals surface area contributed by atoms with Gasteiger partial charge in [-0.15, -0.1) is 0 Å². The van der Waals surface area contributed by atoms with Crippen molar-refractivity contribution < 1.29 is 23.1 Å². The van der Waals surface area contributed by atoms with Gasteiger partial charge in [0.2, 0.25) is 0 Å². The van der Waals surface area contributed by atoms with Crippen LogP contribution in [-0.4, -0.2) is 26.8 Å². The number of aromatic carboxylic acids is 1. The monoisotopic (exact) mass is 272 g/mol. The molecule has 19 heavy (non-hydrogen) atoms. The molecule has 0 spiro atoms. The van der Waals surface area contributed by atoms with Crippen LogP contribution in [0.4, 0.5) is 13.2 Å². The lowest BCUT2D eigenvalue weighted by Crippen LogP contribution is -2.19. The number of para-hydroxylation sites is 1. The zero-order valence-electron chi connectivity index (χ0n) is 10.0. The van der Waals surface area contributed by atoms with Crippen LogP contribution < -0.4 is 0 Å². The molecule has 1 N–H and O–H groups in total. The van der Waals surface area contributed by atoms with E-state index in [0.717, 1.165) is 4.57 Å². The van der Waals surface area contributed by atoms with Gasteiger partial charge in [-0.1, -0.05) is 13.0 Å². The number of hydrogen-bond donors (Lipinski definition) is 1. The molecule has 0 saturated carbocycles. The first kappa shape index (κ1) is 13.4. The highest BCUT2D eigenvalue weighted by Gasteiger charge is 2.30. The quantitative estimate of drug-likeness (QED) is 0.934. The number of benzene rings is 1. The van der Waals surface area contributed by atoms with Gasteiger partial charge in [0, 0.05) is 6.42 Å². The fourth-order valence-corrected chi connectivity index (χ4v) is 1.99. The molecular weight excluding hydrogens is 261 g/mol. The number of fused-ring (bicyclic) bond motifs is 1. The second-order valence-electron chi connectivity index (χ2n) is 4.06. The Morgan fingerprint density at radius 3 is 2.63 bits per heavy atom. The summed E-state index contributed by atoms with van der Waals surface area (Å²) in [5.74, 6) is -0.981. The molecule has 2 rings (SSSR count). The van der Waals surface area contributed by atoms with E-state index in [1.165, 1.54) is 18.2 Å². The van der Waals surface area contributed by atoms with Crippen LogP contribution in [0, 0.1) is 0 Å². The van der Waals surface area contributed by atoms with Crippen LogP contribution in [0.2, 0.25) is 0 Å². The summed E-state index contributed by atoms with van der Waals surface area (Å²) in [6.45, 7) is 0.504. The van der Waals surface area contributed by atoms with E-state index in [-0.39, 0.29) is 22.4 Å². The van der Waals surface area contributed by atoms with Gasteiger partial charge in [0.05, 0.1) is 11.1 Å². The normalized spacial score (nSPS) is 12.0. The molecular formula is C12H11F3N2O2. The minimum Gasteiger partial charge on any atom is -0.478 e. The number of imidazole rings is 1. The lowest BCUT2D eigenvalue weighted by Gasteiger charge is -2.11. The molecule has 2 aromatic rings. The van der Waals surface area contributed by atoms with Crippen LogP contribution >= 0.6 is 0 Å². The van der Waals surface area contributed by atoms with Gasteiger partial charge in [-0.2, -0.15) is 13.2 Å². The predicted molar refractivity (Wildman–Crippen MR) is 62.1 cm³/mol. The molecule has 0 aliphatic heterocycles. The summed E-state index contributed by atoms with van der Waals surface area (Å²) in [4.78, 5) is 15.1. The molecule has 0 unspecified atom stereocenters. The first-order valence-electron chi connectivity index (χ1n) is 5.61. The Bertz CT molecular complexity index is 632. The number of carbonyl (C=O) groups is 1. The van der Waals surface area contributed by atoms with Crippen LogP contribution in [0.1, 0.15) is 23.1 Å². The number of carboxylic acid groups (broad SMARTS) is 1. The third-order valence-corrected chi connectivity index (χ3v) is 2.74. The number of carboxylic acids is 1. The average molecular weight is 272 g/mol. The maximum absolute atomic E-state index is 12.6. The first-order chi connectivity index (χ1) is 8.83. The third kappa shape index (κ3) is 2.54. The number of halogens is 3. The zero-order valence-corrected chi connectivity index (χ0v) is 10.0. The van der Waals surface area contributed by atoms with E-state index >= 15 is 0 Å². The Hall–Kier alpha value is -2.05. The lowest BCUT2D eigenvalue weighted by molar-refractivity contribution is -0.140. The fourth-order valence-electron chi connectivity index (χ4n) is 1.99. The Balaban J connectivity index is 2.69. The van der Waals surface area contributed by atoms with Gasteiger partial charge in [-0.05, 0) is 12.1 Å². The summed E-state index contributed by atoms with van der Waals surface area (Å²) < 4.78 is 38.7. The summed E-state index contributed by atoms with van der Waals surface area (Å²) >= 11 is 0. The van der Waals surface area contributed by atoms with Gasteiger partial charge in [0.25, 0.3) is 0 Å².